The summed E-state index contributed by atoms with van der Waals surface area (Å²) in [7, 11) is 2.09. The largest absolute Gasteiger partial charge is 0.356 e. The van der Waals surface area contributed by atoms with Gasteiger partial charge >= 0.3 is 0 Å². The third-order valence-corrected chi connectivity index (χ3v) is 4.74. The molecular weight excluding hydrogens is 315 g/mol. The van der Waals surface area contributed by atoms with Crippen molar-refractivity contribution < 1.29 is 9.18 Å². The molecule has 1 aliphatic carbocycles. The molecule has 0 bridgehead atoms. The van der Waals surface area contributed by atoms with Gasteiger partial charge in [-0.1, -0.05) is 48.5 Å². The summed E-state index contributed by atoms with van der Waals surface area (Å²) in [5.41, 5.74) is 1.96. The van der Waals surface area contributed by atoms with Gasteiger partial charge in [0.15, 0.2) is 0 Å². The van der Waals surface area contributed by atoms with Crippen molar-refractivity contribution in [1.29, 1.82) is 0 Å². The third-order valence-electron chi connectivity index (χ3n) is 4.74. The number of amides is 1. The first kappa shape index (κ1) is 17.6. The summed E-state index contributed by atoms with van der Waals surface area (Å²) >= 11 is 0. The van der Waals surface area contributed by atoms with E-state index in [9.17, 15) is 9.18 Å². The summed E-state index contributed by atoms with van der Waals surface area (Å²) in [5.74, 6) is -0.176. The zero-order chi connectivity index (χ0) is 17.6. The number of hydrogen-bond acceptors (Lipinski definition) is 2. The minimum atomic E-state index is -0.203. The first-order valence-electron chi connectivity index (χ1n) is 8.90. The lowest BCUT2D eigenvalue weighted by molar-refractivity contribution is -0.122. The van der Waals surface area contributed by atoms with Gasteiger partial charge in [0.2, 0.25) is 5.91 Å². The van der Waals surface area contributed by atoms with E-state index in [1.165, 1.54) is 11.6 Å². The molecule has 2 aromatic rings. The fraction of sp³-hybridized carbons (Fsp3) is 0.381. The second-order valence-electron chi connectivity index (χ2n) is 6.84. The molecule has 4 heteroatoms. The van der Waals surface area contributed by atoms with Crippen molar-refractivity contribution in [2.24, 2.45) is 5.92 Å². The average Bonchev–Trinajstić information content (AvgIpc) is 3.40. The SMILES string of the molecule is CN(CCCNC(=O)C1CC1c1ccccc1F)Cc1ccccc1. The van der Waals surface area contributed by atoms with Crippen molar-refractivity contribution in [3.05, 3.63) is 71.5 Å². The van der Waals surface area contributed by atoms with E-state index < -0.39 is 0 Å². The van der Waals surface area contributed by atoms with Crippen LogP contribution in [0.4, 0.5) is 4.39 Å². The van der Waals surface area contributed by atoms with Gasteiger partial charge in [0.1, 0.15) is 5.82 Å². The summed E-state index contributed by atoms with van der Waals surface area (Å²) in [5, 5.41) is 2.99. The maximum Gasteiger partial charge on any atom is 0.223 e. The lowest BCUT2D eigenvalue weighted by Crippen LogP contribution is -2.29. The lowest BCUT2D eigenvalue weighted by atomic mass is 10.1. The Morgan fingerprint density at radius 1 is 1.16 bits per heavy atom. The highest BCUT2D eigenvalue weighted by Gasteiger charge is 2.44. The van der Waals surface area contributed by atoms with Crippen LogP contribution in [0.15, 0.2) is 54.6 Å². The quantitative estimate of drug-likeness (QED) is 0.745. The maximum atomic E-state index is 13.8. The Labute approximate surface area is 148 Å². The van der Waals surface area contributed by atoms with Crippen LogP contribution in [0.25, 0.3) is 0 Å². The molecule has 25 heavy (non-hydrogen) atoms. The van der Waals surface area contributed by atoms with Crippen molar-refractivity contribution in [2.45, 2.75) is 25.3 Å². The van der Waals surface area contributed by atoms with Gasteiger partial charge in [0, 0.05) is 19.0 Å². The molecule has 0 spiro atoms. The van der Waals surface area contributed by atoms with Crippen LogP contribution in [0.1, 0.15) is 29.9 Å². The fourth-order valence-corrected chi connectivity index (χ4v) is 3.27. The van der Waals surface area contributed by atoms with E-state index in [4.69, 9.17) is 0 Å². The van der Waals surface area contributed by atoms with Gasteiger partial charge < -0.3 is 10.2 Å². The molecule has 0 saturated heterocycles. The number of hydrogen-bond donors (Lipinski definition) is 1. The third kappa shape index (κ3) is 4.89. The predicted octanol–water partition coefficient (Wildman–Crippen LogP) is 3.57. The van der Waals surface area contributed by atoms with Crippen molar-refractivity contribution >= 4 is 5.91 Å². The van der Waals surface area contributed by atoms with Gasteiger partial charge in [0.05, 0.1) is 0 Å². The number of nitrogens with one attached hydrogen (secondary N) is 1. The Balaban J connectivity index is 1.34. The molecule has 1 aliphatic rings. The van der Waals surface area contributed by atoms with Crippen molar-refractivity contribution in [1.82, 2.24) is 10.2 Å². The van der Waals surface area contributed by atoms with Crippen LogP contribution in [0.5, 0.6) is 0 Å². The van der Waals surface area contributed by atoms with Crippen molar-refractivity contribution in [3.63, 3.8) is 0 Å². The van der Waals surface area contributed by atoms with Gasteiger partial charge in [-0.15, -0.1) is 0 Å². The number of nitrogens with zero attached hydrogens (tertiary/aromatic N) is 1. The normalized spacial score (nSPS) is 19.0. The van der Waals surface area contributed by atoms with Gasteiger partial charge in [-0.2, -0.15) is 0 Å². The molecule has 0 radical (unpaired) electrons. The van der Waals surface area contributed by atoms with Crippen LogP contribution in [0.2, 0.25) is 0 Å². The van der Waals surface area contributed by atoms with Crippen LogP contribution in [-0.4, -0.2) is 30.9 Å². The molecular formula is C21H25FN2O. The molecule has 0 heterocycles. The highest BCUT2D eigenvalue weighted by molar-refractivity contribution is 5.82. The molecule has 132 valence electrons. The molecule has 3 rings (SSSR count). The van der Waals surface area contributed by atoms with Gasteiger partial charge in [-0.25, -0.2) is 4.39 Å². The Kier molecular flexibility index (Phi) is 5.82. The molecule has 1 fully saturated rings. The van der Waals surface area contributed by atoms with E-state index in [0.29, 0.717) is 12.1 Å². The number of halogens is 1. The van der Waals surface area contributed by atoms with E-state index in [2.05, 4.69) is 29.4 Å². The van der Waals surface area contributed by atoms with Crippen LogP contribution in [0.3, 0.4) is 0 Å². The second-order valence-corrected chi connectivity index (χ2v) is 6.84. The summed E-state index contributed by atoms with van der Waals surface area (Å²) in [6, 6.07) is 17.1. The summed E-state index contributed by atoms with van der Waals surface area (Å²) in [6.07, 6.45) is 1.66. The number of benzene rings is 2. The second kappa shape index (κ2) is 8.26. The Hall–Kier alpha value is -2.20. The van der Waals surface area contributed by atoms with Gasteiger partial charge in [-0.3, -0.25) is 4.79 Å². The fourth-order valence-electron chi connectivity index (χ4n) is 3.27. The molecule has 2 aromatic carbocycles. The first-order chi connectivity index (χ1) is 12.1. The van der Waals surface area contributed by atoms with Crippen LogP contribution < -0.4 is 5.32 Å². The molecule has 0 aliphatic heterocycles. The molecule has 1 amide bonds. The van der Waals surface area contributed by atoms with E-state index in [1.54, 1.807) is 12.1 Å². The Bertz CT molecular complexity index is 704. The minimum absolute atomic E-state index is 0.0435. The smallest absolute Gasteiger partial charge is 0.223 e. The van der Waals surface area contributed by atoms with E-state index in [-0.39, 0.29) is 23.6 Å². The molecule has 0 aromatic heterocycles. The topological polar surface area (TPSA) is 32.3 Å². The maximum absolute atomic E-state index is 13.8. The zero-order valence-corrected chi connectivity index (χ0v) is 14.6. The Morgan fingerprint density at radius 3 is 2.64 bits per heavy atom. The summed E-state index contributed by atoms with van der Waals surface area (Å²) in [4.78, 5) is 14.4. The Morgan fingerprint density at radius 2 is 1.88 bits per heavy atom. The minimum Gasteiger partial charge on any atom is -0.356 e. The summed E-state index contributed by atoms with van der Waals surface area (Å²) < 4.78 is 13.8. The molecule has 2 unspecified atom stereocenters. The van der Waals surface area contributed by atoms with E-state index in [1.807, 2.05) is 24.3 Å². The van der Waals surface area contributed by atoms with E-state index in [0.717, 1.165) is 25.9 Å². The van der Waals surface area contributed by atoms with Crippen LogP contribution in [0, 0.1) is 11.7 Å². The van der Waals surface area contributed by atoms with Crippen LogP contribution >= 0.6 is 0 Å². The number of carbonyl (C=O) groups is 1. The average molecular weight is 340 g/mol. The van der Waals surface area contributed by atoms with Crippen LogP contribution in [-0.2, 0) is 11.3 Å². The molecule has 1 saturated carbocycles. The number of carbonyl (C=O) groups excluding carboxylic acids is 1. The standard InChI is InChI=1S/C21H25FN2O/c1-24(15-16-8-3-2-4-9-16)13-7-12-23-21(25)19-14-18(19)17-10-5-6-11-20(17)22/h2-6,8-11,18-19H,7,12-15H2,1H3,(H,23,25). The van der Waals surface area contributed by atoms with Gasteiger partial charge in [0.25, 0.3) is 0 Å². The highest BCUT2D eigenvalue weighted by Crippen LogP contribution is 2.48. The highest BCUT2D eigenvalue weighted by atomic mass is 19.1. The van der Waals surface area contributed by atoms with Crippen molar-refractivity contribution in [3.8, 4) is 0 Å². The first-order valence-corrected chi connectivity index (χ1v) is 8.90. The predicted molar refractivity (Wildman–Crippen MR) is 97.7 cm³/mol. The number of rotatable bonds is 8. The monoisotopic (exact) mass is 340 g/mol. The summed E-state index contributed by atoms with van der Waals surface area (Å²) in [6.45, 7) is 2.50. The lowest BCUT2D eigenvalue weighted by Gasteiger charge is -2.16. The van der Waals surface area contributed by atoms with Gasteiger partial charge in [-0.05, 0) is 49.5 Å². The zero-order valence-electron chi connectivity index (χ0n) is 14.6. The molecule has 2 atom stereocenters. The van der Waals surface area contributed by atoms with E-state index >= 15 is 0 Å². The van der Waals surface area contributed by atoms with Crippen molar-refractivity contribution in [2.75, 3.05) is 20.1 Å². The molecule has 1 N–H and O–H groups in total. The molecule has 3 nitrogen and oxygen atoms in total.